The predicted octanol–water partition coefficient (Wildman–Crippen LogP) is 3.36. The van der Waals surface area contributed by atoms with Gasteiger partial charge in [-0.05, 0) is 29.3 Å². The van der Waals surface area contributed by atoms with Gasteiger partial charge in [-0.25, -0.2) is 0 Å². The second-order valence-electron chi connectivity index (χ2n) is 3.49. The normalized spacial score (nSPS) is 10.8. The lowest BCUT2D eigenvalue weighted by Gasteiger charge is -2.02. The fourth-order valence-electron chi connectivity index (χ4n) is 1.57. The van der Waals surface area contributed by atoms with Crippen molar-refractivity contribution in [2.75, 3.05) is 0 Å². The minimum atomic E-state index is 0.650. The van der Waals surface area contributed by atoms with Crippen LogP contribution in [-0.4, -0.2) is 10.1 Å². The minimum Gasteiger partial charge on any atom is -0.516 e. The number of aromatic nitrogens is 1. The summed E-state index contributed by atoms with van der Waals surface area (Å²) in [6.07, 6.45) is 5.17. The van der Waals surface area contributed by atoms with Crippen LogP contribution >= 0.6 is 0 Å². The fraction of sp³-hybridized carbons (Fsp3) is 0.0714. The Morgan fingerprint density at radius 2 is 1.88 bits per heavy atom. The van der Waals surface area contributed by atoms with E-state index in [1.807, 2.05) is 30.3 Å². The van der Waals surface area contributed by atoms with Crippen LogP contribution < -0.4 is 0 Å². The van der Waals surface area contributed by atoms with Crippen LogP contribution in [0.25, 0.3) is 11.1 Å². The lowest BCUT2D eigenvalue weighted by molar-refractivity contribution is 0.471. The van der Waals surface area contributed by atoms with Crippen LogP contribution in [0.2, 0.25) is 0 Å². The summed E-state index contributed by atoms with van der Waals surface area (Å²) < 4.78 is 0. The number of aliphatic hydroxyl groups is 1. The Balaban J connectivity index is 2.29. The molecule has 0 aliphatic heterocycles. The maximum absolute atomic E-state index is 8.61. The van der Waals surface area contributed by atoms with Crippen molar-refractivity contribution in [3.05, 3.63) is 66.7 Å². The first kappa shape index (κ1) is 10.4. The van der Waals surface area contributed by atoms with Gasteiger partial charge in [0.1, 0.15) is 0 Å². The molecular weight excluding hydrogens is 198 g/mol. The number of benzene rings is 1. The fourth-order valence-corrected chi connectivity index (χ4v) is 1.57. The maximum atomic E-state index is 8.61. The molecule has 0 amide bonds. The van der Waals surface area contributed by atoms with Gasteiger partial charge in [0, 0.05) is 18.3 Å². The average Bonchev–Trinajstić information content (AvgIpc) is 2.38. The molecule has 2 heteroatoms. The molecule has 1 aromatic heterocycles. The van der Waals surface area contributed by atoms with E-state index in [9.17, 15) is 0 Å². The van der Waals surface area contributed by atoms with Gasteiger partial charge < -0.3 is 5.11 Å². The van der Waals surface area contributed by atoms with Crippen LogP contribution in [0, 0.1) is 0 Å². The molecular formula is C14H13NO. The van der Waals surface area contributed by atoms with Crippen LogP contribution in [0.15, 0.2) is 61.0 Å². The van der Waals surface area contributed by atoms with Gasteiger partial charge >= 0.3 is 0 Å². The third kappa shape index (κ3) is 2.48. The summed E-state index contributed by atoms with van der Waals surface area (Å²) in [5.41, 5.74) is 3.28. The van der Waals surface area contributed by atoms with Gasteiger partial charge in [0.25, 0.3) is 0 Å². The first-order valence-corrected chi connectivity index (χ1v) is 5.20. The maximum Gasteiger partial charge on any atom is 0.0755 e. The Hall–Kier alpha value is -2.09. The quantitative estimate of drug-likeness (QED) is 0.789. The molecule has 1 heterocycles. The van der Waals surface area contributed by atoms with E-state index >= 15 is 0 Å². The third-order valence-electron chi connectivity index (χ3n) is 2.36. The Morgan fingerprint density at radius 1 is 1.06 bits per heavy atom. The summed E-state index contributed by atoms with van der Waals surface area (Å²) in [4.78, 5) is 4.24. The van der Waals surface area contributed by atoms with Gasteiger partial charge in [-0.3, -0.25) is 4.98 Å². The molecule has 0 aliphatic carbocycles. The molecule has 0 spiro atoms. The van der Waals surface area contributed by atoms with Gasteiger partial charge in [0.15, 0.2) is 0 Å². The Bertz CT molecular complexity index is 477. The highest BCUT2D eigenvalue weighted by atomic mass is 16.2. The van der Waals surface area contributed by atoms with Crippen LogP contribution in [0.4, 0.5) is 0 Å². The Labute approximate surface area is 94.9 Å². The van der Waals surface area contributed by atoms with Crippen LogP contribution in [0.3, 0.4) is 0 Å². The molecule has 1 N–H and O–H groups in total. The molecule has 0 fully saturated rings. The van der Waals surface area contributed by atoms with Crippen LogP contribution in [0.1, 0.15) is 5.69 Å². The first-order valence-electron chi connectivity index (χ1n) is 5.20. The van der Waals surface area contributed by atoms with Crippen molar-refractivity contribution in [3.63, 3.8) is 0 Å². The van der Waals surface area contributed by atoms with E-state index in [1.165, 1.54) is 5.56 Å². The minimum absolute atomic E-state index is 0.650. The van der Waals surface area contributed by atoms with Crippen molar-refractivity contribution in [1.82, 2.24) is 4.98 Å². The van der Waals surface area contributed by atoms with Gasteiger partial charge in [-0.2, -0.15) is 0 Å². The van der Waals surface area contributed by atoms with E-state index in [0.29, 0.717) is 6.42 Å². The molecule has 2 aromatic rings. The van der Waals surface area contributed by atoms with Crippen LogP contribution in [-0.2, 0) is 6.42 Å². The van der Waals surface area contributed by atoms with Crippen LogP contribution in [0.5, 0.6) is 0 Å². The van der Waals surface area contributed by atoms with Gasteiger partial charge in [0.05, 0.1) is 6.26 Å². The smallest absolute Gasteiger partial charge is 0.0755 e. The number of aliphatic hydroxyl groups excluding tert-OH is 1. The van der Waals surface area contributed by atoms with E-state index in [4.69, 9.17) is 5.11 Å². The van der Waals surface area contributed by atoms with Crippen molar-refractivity contribution in [2.24, 2.45) is 0 Å². The molecule has 2 nitrogen and oxygen atoms in total. The lowest BCUT2D eigenvalue weighted by Crippen LogP contribution is -1.88. The van der Waals surface area contributed by atoms with Crippen molar-refractivity contribution < 1.29 is 5.11 Å². The van der Waals surface area contributed by atoms with E-state index in [0.717, 1.165) is 17.5 Å². The molecule has 16 heavy (non-hydrogen) atoms. The lowest BCUT2D eigenvalue weighted by atomic mass is 10.1. The van der Waals surface area contributed by atoms with Crippen molar-refractivity contribution in [1.29, 1.82) is 0 Å². The van der Waals surface area contributed by atoms with Gasteiger partial charge in [-0.15, -0.1) is 0 Å². The Kier molecular flexibility index (Phi) is 3.34. The predicted molar refractivity (Wildman–Crippen MR) is 65.1 cm³/mol. The molecule has 0 atom stereocenters. The standard InChI is InChI=1S/C14H13NO/c16-10-4-7-14-11-13(8-9-15-14)12-5-2-1-3-6-12/h1-6,8-11,16H,7H2. The largest absolute Gasteiger partial charge is 0.516 e. The number of allylic oxidation sites excluding steroid dienone is 1. The van der Waals surface area contributed by atoms with E-state index < -0.39 is 0 Å². The van der Waals surface area contributed by atoms with Crippen molar-refractivity contribution in [2.45, 2.75) is 6.42 Å². The second-order valence-corrected chi connectivity index (χ2v) is 3.49. The molecule has 1 aromatic carbocycles. The number of nitrogens with zero attached hydrogens (tertiary/aromatic N) is 1. The zero-order valence-electron chi connectivity index (χ0n) is 8.88. The summed E-state index contributed by atoms with van der Waals surface area (Å²) in [6, 6.07) is 14.2. The Morgan fingerprint density at radius 3 is 2.62 bits per heavy atom. The second kappa shape index (κ2) is 5.12. The highest BCUT2D eigenvalue weighted by molar-refractivity contribution is 5.63. The number of pyridine rings is 1. The summed E-state index contributed by atoms with van der Waals surface area (Å²) in [5.74, 6) is 0. The van der Waals surface area contributed by atoms with E-state index in [-0.39, 0.29) is 0 Å². The van der Waals surface area contributed by atoms with Gasteiger partial charge in [0.2, 0.25) is 0 Å². The number of hydrogen-bond acceptors (Lipinski definition) is 2. The highest BCUT2D eigenvalue weighted by Gasteiger charge is 1.98. The third-order valence-corrected chi connectivity index (χ3v) is 2.36. The summed E-state index contributed by atoms with van der Waals surface area (Å²) in [6.45, 7) is 0. The van der Waals surface area contributed by atoms with Crippen molar-refractivity contribution >= 4 is 0 Å². The number of hydrogen-bond donors (Lipinski definition) is 1. The van der Waals surface area contributed by atoms with Gasteiger partial charge in [-0.1, -0.05) is 30.3 Å². The molecule has 0 saturated heterocycles. The molecule has 0 unspecified atom stereocenters. The summed E-state index contributed by atoms with van der Waals surface area (Å²) in [7, 11) is 0. The molecule has 0 bridgehead atoms. The topological polar surface area (TPSA) is 33.1 Å². The number of rotatable bonds is 3. The molecule has 0 aliphatic rings. The van der Waals surface area contributed by atoms with E-state index in [2.05, 4.69) is 17.1 Å². The van der Waals surface area contributed by atoms with Crippen molar-refractivity contribution in [3.8, 4) is 11.1 Å². The molecule has 2 rings (SSSR count). The average molecular weight is 211 g/mol. The SMILES string of the molecule is OC=CCc1cc(-c2ccccc2)ccn1. The zero-order valence-corrected chi connectivity index (χ0v) is 8.88. The molecule has 0 radical (unpaired) electrons. The zero-order chi connectivity index (χ0) is 11.2. The molecule has 80 valence electrons. The monoisotopic (exact) mass is 211 g/mol. The molecule has 0 saturated carbocycles. The highest BCUT2D eigenvalue weighted by Crippen LogP contribution is 2.18. The summed E-state index contributed by atoms with van der Waals surface area (Å²) >= 11 is 0. The summed E-state index contributed by atoms with van der Waals surface area (Å²) in [5, 5.41) is 8.61. The van der Waals surface area contributed by atoms with E-state index in [1.54, 1.807) is 12.3 Å². The first-order chi connectivity index (χ1) is 7.90.